The monoisotopic (exact) mass is 527 g/mol. The van der Waals surface area contributed by atoms with Crippen LogP contribution in [0.3, 0.4) is 0 Å². The summed E-state index contributed by atoms with van der Waals surface area (Å²) >= 11 is 0. The summed E-state index contributed by atoms with van der Waals surface area (Å²) in [6.45, 7) is 5.22. The summed E-state index contributed by atoms with van der Waals surface area (Å²) in [5, 5.41) is 6.88. The Morgan fingerprint density at radius 1 is 1.05 bits per heavy atom. The minimum Gasteiger partial charge on any atom is -0.360 e. The fraction of sp³-hybridized carbons (Fsp3) is 0.577. The van der Waals surface area contributed by atoms with E-state index >= 15 is 0 Å². The SMILES string of the molecule is Cc1noc(C)c1S(=O)(=O)N1CCCNC(=O)[C@@H]2C[C@@H]3CCCN3[C@@]23C(=O)N(CCC1)c1ccccc13. The van der Waals surface area contributed by atoms with Crippen molar-refractivity contribution in [3.8, 4) is 0 Å². The van der Waals surface area contributed by atoms with Gasteiger partial charge in [0.25, 0.3) is 5.91 Å². The van der Waals surface area contributed by atoms with Crippen molar-refractivity contribution < 1.29 is 22.5 Å². The van der Waals surface area contributed by atoms with Crippen molar-refractivity contribution >= 4 is 27.5 Å². The quantitative estimate of drug-likeness (QED) is 0.634. The molecule has 198 valence electrons. The summed E-state index contributed by atoms with van der Waals surface area (Å²) in [5.74, 6) is -0.400. The van der Waals surface area contributed by atoms with Crippen LogP contribution < -0.4 is 10.2 Å². The fourth-order valence-corrected chi connectivity index (χ4v) is 8.91. The van der Waals surface area contributed by atoms with E-state index in [-0.39, 0.29) is 41.6 Å². The van der Waals surface area contributed by atoms with Crippen molar-refractivity contribution in [1.29, 1.82) is 0 Å². The highest BCUT2D eigenvalue weighted by Gasteiger charge is 2.67. The number of amides is 2. The molecule has 0 unspecified atom stereocenters. The molecule has 0 aliphatic carbocycles. The van der Waals surface area contributed by atoms with E-state index in [0.717, 1.165) is 30.6 Å². The van der Waals surface area contributed by atoms with Gasteiger partial charge in [0.1, 0.15) is 16.1 Å². The third-order valence-electron chi connectivity index (χ3n) is 8.57. The summed E-state index contributed by atoms with van der Waals surface area (Å²) in [6.07, 6.45) is 3.61. The van der Waals surface area contributed by atoms with E-state index in [9.17, 15) is 18.0 Å². The molecule has 37 heavy (non-hydrogen) atoms. The van der Waals surface area contributed by atoms with Crippen LogP contribution in [-0.4, -0.2) is 73.4 Å². The molecule has 6 rings (SSSR count). The molecule has 1 N–H and O–H groups in total. The second kappa shape index (κ2) is 8.92. The first-order valence-electron chi connectivity index (χ1n) is 13.2. The van der Waals surface area contributed by atoms with E-state index in [2.05, 4.69) is 15.4 Å². The van der Waals surface area contributed by atoms with Gasteiger partial charge in [-0.15, -0.1) is 0 Å². The zero-order valence-corrected chi connectivity index (χ0v) is 22.1. The van der Waals surface area contributed by atoms with E-state index in [0.29, 0.717) is 38.0 Å². The van der Waals surface area contributed by atoms with Crippen LogP contribution in [0.1, 0.15) is 49.1 Å². The molecule has 3 fully saturated rings. The largest absolute Gasteiger partial charge is 0.360 e. The fourth-order valence-electron chi connectivity index (χ4n) is 7.10. The Hall–Kier alpha value is -2.76. The Morgan fingerprint density at radius 3 is 2.62 bits per heavy atom. The maximum Gasteiger partial charge on any atom is 0.253 e. The van der Waals surface area contributed by atoms with Crippen LogP contribution >= 0.6 is 0 Å². The Morgan fingerprint density at radius 2 is 1.84 bits per heavy atom. The van der Waals surface area contributed by atoms with Gasteiger partial charge in [0.2, 0.25) is 15.9 Å². The number of carbonyl (C=O) groups excluding carboxylic acids is 2. The molecule has 11 heteroatoms. The van der Waals surface area contributed by atoms with Crippen LogP contribution in [-0.2, 0) is 25.2 Å². The molecule has 0 saturated carbocycles. The smallest absolute Gasteiger partial charge is 0.253 e. The molecule has 2 bridgehead atoms. The van der Waals surface area contributed by atoms with Crippen LogP contribution in [0.2, 0.25) is 0 Å². The van der Waals surface area contributed by atoms with Crippen molar-refractivity contribution in [1.82, 2.24) is 19.7 Å². The average molecular weight is 528 g/mol. The zero-order valence-electron chi connectivity index (χ0n) is 21.3. The maximum absolute atomic E-state index is 14.4. The van der Waals surface area contributed by atoms with E-state index in [1.807, 2.05) is 24.3 Å². The molecule has 0 radical (unpaired) electrons. The highest BCUT2D eigenvalue weighted by Crippen LogP contribution is 2.57. The highest BCUT2D eigenvalue weighted by molar-refractivity contribution is 7.89. The van der Waals surface area contributed by atoms with Crippen LogP contribution in [0.25, 0.3) is 0 Å². The molecule has 5 heterocycles. The van der Waals surface area contributed by atoms with E-state index in [1.54, 1.807) is 18.7 Å². The number of fused-ring (bicyclic) bond motifs is 4. The number of hydrogen-bond donors (Lipinski definition) is 1. The van der Waals surface area contributed by atoms with Gasteiger partial charge in [0, 0.05) is 43.5 Å². The van der Waals surface area contributed by atoms with Crippen molar-refractivity contribution in [3.63, 3.8) is 0 Å². The molecule has 10 nitrogen and oxygen atoms in total. The third kappa shape index (κ3) is 3.50. The molecule has 3 saturated heterocycles. The van der Waals surface area contributed by atoms with Crippen LogP contribution in [0.15, 0.2) is 33.7 Å². The Bertz CT molecular complexity index is 1340. The van der Waals surface area contributed by atoms with Gasteiger partial charge in [-0.3, -0.25) is 14.5 Å². The summed E-state index contributed by atoms with van der Waals surface area (Å²) < 4.78 is 33.8. The second-order valence-corrected chi connectivity index (χ2v) is 12.4. The van der Waals surface area contributed by atoms with Crippen LogP contribution in [0.4, 0.5) is 5.69 Å². The van der Waals surface area contributed by atoms with Gasteiger partial charge < -0.3 is 14.7 Å². The second-order valence-electron chi connectivity index (χ2n) is 10.6. The van der Waals surface area contributed by atoms with Gasteiger partial charge in [0.05, 0.1) is 5.92 Å². The third-order valence-corrected chi connectivity index (χ3v) is 10.7. The van der Waals surface area contributed by atoms with Gasteiger partial charge >= 0.3 is 0 Å². The standard InChI is InChI=1S/C26H33N5O5S/c1-17-23(18(2)36-28-17)37(34,35)29-12-6-11-27-24(32)21-16-19-8-5-15-31(19)26(21)20-9-3-4-10-22(20)30(25(26)33)14-7-13-29/h3-4,9-10,19,21H,5-8,11-16H2,1-2H3,(H,27,32)/t19-,21-,26+/m0/s1. The first-order chi connectivity index (χ1) is 17.8. The van der Waals surface area contributed by atoms with E-state index < -0.39 is 21.5 Å². The zero-order chi connectivity index (χ0) is 25.9. The normalized spacial score (nSPS) is 29.2. The molecule has 2 aromatic rings. The molecule has 4 aliphatic rings. The maximum atomic E-state index is 14.4. The number of hydrogen-bond acceptors (Lipinski definition) is 7. The summed E-state index contributed by atoms with van der Waals surface area (Å²) in [7, 11) is -3.85. The number of sulfonamides is 1. The van der Waals surface area contributed by atoms with Crippen LogP contribution in [0, 0.1) is 19.8 Å². The van der Waals surface area contributed by atoms with Gasteiger partial charge in [0.15, 0.2) is 5.76 Å². The molecular weight excluding hydrogens is 494 g/mol. The predicted molar refractivity (Wildman–Crippen MR) is 135 cm³/mol. The van der Waals surface area contributed by atoms with E-state index in [4.69, 9.17) is 4.52 Å². The van der Waals surface area contributed by atoms with Gasteiger partial charge in [-0.1, -0.05) is 23.4 Å². The lowest BCUT2D eigenvalue weighted by atomic mass is 9.78. The molecule has 3 atom stereocenters. The first kappa shape index (κ1) is 24.6. The summed E-state index contributed by atoms with van der Waals surface area (Å²) in [5.41, 5.74) is 1.07. The van der Waals surface area contributed by atoms with Gasteiger partial charge in [-0.2, -0.15) is 4.31 Å². The number of carbonyl (C=O) groups is 2. The lowest BCUT2D eigenvalue weighted by Gasteiger charge is -2.37. The number of nitrogens with zero attached hydrogens (tertiary/aromatic N) is 4. The van der Waals surface area contributed by atoms with Crippen molar-refractivity contribution in [2.45, 2.75) is 62.4 Å². The molecule has 1 spiro atoms. The molecule has 4 aliphatic heterocycles. The van der Waals surface area contributed by atoms with Crippen molar-refractivity contribution in [2.24, 2.45) is 5.92 Å². The Balaban J connectivity index is 1.38. The predicted octanol–water partition coefficient (Wildman–Crippen LogP) is 1.92. The molecule has 1 aromatic heterocycles. The summed E-state index contributed by atoms with van der Waals surface area (Å²) in [6, 6.07) is 8.02. The van der Waals surface area contributed by atoms with Crippen molar-refractivity contribution in [3.05, 3.63) is 41.3 Å². The number of para-hydroxylation sites is 1. The topological polar surface area (TPSA) is 116 Å². The lowest BCUT2D eigenvalue weighted by Crippen LogP contribution is -2.56. The number of rotatable bonds is 2. The van der Waals surface area contributed by atoms with E-state index in [1.165, 1.54) is 4.31 Å². The minimum absolute atomic E-state index is 0.0578. The number of anilines is 1. The highest BCUT2D eigenvalue weighted by atomic mass is 32.2. The number of aryl methyl sites for hydroxylation is 2. The molecular formula is C26H33N5O5S. The average Bonchev–Trinajstić information content (AvgIpc) is 3.60. The van der Waals surface area contributed by atoms with Gasteiger partial charge in [-0.05, 0) is 58.6 Å². The minimum atomic E-state index is -3.85. The Kier molecular flexibility index (Phi) is 5.92. The lowest BCUT2D eigenvalue weighted by molar-refractivity contribution is -0.138. The van der Waals surface area contributed by atoms with Crippen LogP contribution in [0.5, 0.6) is 0 Å². The van der Waals surface area contributed by atoms with Gasteiger partial charge in [-0.25, -0.2) is 8.42 Å². The Labute approximate surface area is 217 Å². The number of nitrogens with one attached hydrogen (secondary N) is 1. The van der Waals surface area contributed by atoms with Crippen molar-refractivity contribution in [2.75, 3.05) is 37.6 Å². The first-order valence-corrected chi connectivity index (χ1v) is 14.6. The molecule has 1 aromatic carbocycles. The number of aromatic nitrogens is 1. The molecule has 2 amide bonds. The number of benzene rings is 1. The summed E-state index contributed by atoms with van der Waals surface area (Å²) in [4.78, 5) is 32.2.